The molecule has 0 amide bonds. The SMILES string of the molecule is CC1CCN(c2ccc(Cl)cc2)C(CCO)CN1. The molecule has 2 rings (SSSR count). The van der Waals surface area contributed by atoms with Crippen LogP contribution in [0.3, 0.4) is 0 Å². The van der Waals surface area contributed by atoms with Crippen molar-refractivity contribution < 1.29 is 5.11 Å². The molecule has 1 aliphatic rings. The van der Waals surface area contributed by atoms with E-state index in [2.05, 4.69) is 29.3 Å². The molecule has 0 aliphatic carbocycles. The van der Waals surface area contributed by atoms with E-state index in [1.54, 1.807) is 0 Å². The van der Waals surface area contributed by atoms with Gasteiger partial charge < -0.3 is 15.3 Å². The number of hydrogen-bond acceptors (Lipinski definition) is 3. The maximum Gasteiger partial charge on any atom is 0.0451 e. The van der Waals surface area contributed by atoms with E-state index in [0.717, 1.165) is 31.0 Å². The van der Waals surface area contributed by atoms with E-state index < -0.39 is 0 Å². The minimum atomic E-state index is 0.227. The number of nitrogens with zero attached hydrogens (tertiary/aromatic N) is 1. The van der Waals surface area contributed by atoms with Crippen LogP contribution in [0.15, 0.2) is 24.3 Å². The second-order valence-corrected chi connectivity index (χ2v) is 5.37. The highest BCUT2D eigenvalue weighted by atomic mass is 35.5. The fraction of sp³-hybridized carbons (Fsp3) is 0.571. The average Bonchev–Trinajstić information content (AvgIpc) is 2.54. The first-order valence-corrected chi connectivity index (χ1v) is 6.95. The maximum atomic E-state index is 9.21. The Labute approximate surface area is 114 Å². The zero-order valence-corrected chi connectivity index (χ0v) is 11.5. The molecule has 0 bridgehead atoms. The van der Waals surface area contributed by atoms with Gasteiger partial charge in [0.2, 0.25) is 0 Å². The average molecular weight is 269 g/mol. The second kappa shape index (κ2) is 6.41. The zero-order chi connectivity index (χ0) is 13.0. The molecule has 1 aliphatic heterocycles. The van der Waals surface area contributed by atoms with Gasteiger partial charge in [0.1, 0.15) is 0 Å². The lowest BCUT2D eigenvalue weighted by Crippen LogP contribution is -2.41. The number of rotatable bonds is 3. The summed E-state index contributed by atoms with van der Waals surface area (Å²) in [5.74, 6) is 0. The number of anilines is 1. The first-order chi connectivity index (χ1) is 8.70. The van der Waals surface area contributed by atoms with Gasteiger partial charge in [-0.2, -0.15) is 0 Å². The Morgan fingerprint density at radius 3 is 2.78 bits per heavy atom. The Kier molecular flexibility index (Phi) is 4.87. The molecule has 0 spiro atoms. The van der Waals surface area contributed by atoms with Gasteiger partial charge in [-0.05, 0) is 44.0 Å². The molecule has 100 valence electrons. The van der Waals surface area contributed by atoms with Gasteiger partial charge in [-0.25, -0.2) is 0 Å². The van der Waals surface area contributed by atoms with Gasteiger partial charge in [-0.15, -0.1) is 0 Å². The molecule has 0 aromatic heterocycles. The summed E-state index contributed by atoms with van der Waals surface area (Å²) in [5.41, 5.74) is 1.19. The molecular formula is C14H21ClN2O. The Balaban J connectivity index is 2.17. The van der Waals surface area contributed by atoms with Crippen LogP contribution in [0, 0.1) is 0 Å². The third-order valence-corrected chi connectivity index (χ3v) is 3.82. The van der Waals surface area contributed by atoms with Gasteiger partial charge in [0.05, 0.1) is 0 Å². The fourth-order valence-electron chi connectivity index (χ4n) is 2.44. The van der Waals surface area contributed by atoms with Gasteiger partial charge in [0.15, 0.2) is 0 Å². The Hall–Kier alpha value is -0.770. The van der Waals surface area contributed by atoms with Crippen molar-refractivity contribution in [3.05, 3.63) is 29.3 Å². The van der Waals surface area contributed by atoms with Crippen molar-refractivity contribution in [3.63, 3.8) is 0 Å². The topological polar surface area (TPSA) is 35.5 Å². The van der Waals surface area contributed by atoms with Crippen molar-refractivity contribution in [2.24, 2.45) is 0 Å². The summed E-state index contributed by atoms with van der Waals surface area (Å²) in [6, 6.07) is 8.85. The van der Waals surface area contributed by atoms with Crippen LogP contribution in [0.25, 0.3) is 0 Å². The van der Waals surface area contributed by atoms with Gasteiger partial charge in [-0.1, -0.05) is 11.6 Å². The monoisotopic (exact) mass is 268 g/mol. The third kappa shape index (κ3) is 3.37. The van der Waals surface area contributed by atoms with Gasteiger partial charge in [0.25, 0.3) is 0 Å². The van der Waals surface area contributed by atoms with Crippen LogP contribution >= 0.6 is 11.6 Å². The maximum absolute atomic E-state index is 9.21. The highest BCUT2D eigenvalue weighted by Gasteiger charge is 2.22. The van der Waals surface area contributed by atoms with E-state index in [0.29, 0.717) is 12.1 Å². The molecule has 4 heteroatoms. The van der Waals surface area contributed by atoms with Crippen molar-refractivity contribution in [1.29, 1.82) is 0 Å². The first-order valence-electron chi connectivity index (χ1n) is 6.57. The highest BCUT2D eigenvalue weighted by molar-refractivity contribution is 6.30. The fourth-order valence-corrected chi connectivity index (χ4v) is 2.57. The van der Waals surface area contributed by atoms with Crippen LogP contribution in [0.5, 0.6) is 0 Å². The van der Waals surface area contributed by atoms with Crippen molar-refractivity contribution in [1.82, 2.24) is 5.32 Å². The molecule has 18 heavy (non-hydrogen) atoms. The molecule has 1 fully saturated rings. The molecule has 1 aromatic carbocycles. The molecule has 0 saturated carbocycles. The number of hydrogen-bond donors (Lipinski definition) is 2. The zero-order valence-electron chi connectivity index (χ0n) is 10.8. The molecule has 1 aromatic rings. The predicted molar refractivity (Wildman–Crippen MR) is 76.4 cm³/mol. The highest BCUT2D eigenvalue weighted by Crippen LogP contribution is 2.23. The van der Waals surface area contributed by atoms with E-state index in [-0.39, 0.29) is 6.61 Å². The Bertz CT molecular complexity index is 369. The summed E-state index contributed by atoms with van der Waals surface area (Å²) < 4.78 is 0. The smallest absolute Gasteiger partial charge is 0.0451 e. The number of benzene rings is 1. The van der Waals surface area contributed by atoms with Crippen LogP contribution in [0.4, 0.5) is 5.69 Å². The van der Waals surface area contributed by atoms with Gasteiger partial charge >= 0.3 is 0 Å². The number of aliphatic hydroxyl groups excluding tert-OH is 1. The number of nitrogens with one attached hydrogen (secondary N) is 1. The minimum Gasteiger partial charge on any atom is -0.396 e. The largest absolute Gasteiger partial charge is 0.396 e. The van der Waals surface area contributed by atoms with Crippen molar-refractivity contribution in [3.8, 4) is 0 Å². The molecule has 2 atom stereocenters. The van der Waals surface area contributed by atoms with Crippen LogP contribution in [0.1, 0.15) is 19.8 Å². The summed E-state index contributed by atoms with van der Waals surface area (Å²) in [6.07, 6.45) is 1.91. The van der Waals surface area contributed by atoms with Gasteiger partial charge in [-0.3, -0.25) is 0 Å². The van der Waals surface area contributed by atoms with E-state index >= 15 is 0 Å². The summed E-state index contributed by atoms with van der Waals surface area (Å²) in [7, 11) is 0. The van der Waals surface area contributed by atoms with Crippen molar-refractivity contribution >= 4 is 17.3 Å². The van der Waals surface area contributed by atoms with E-state index in [9.17, 15) is 5.11 Å². The number of aliphatic hydroxyl groups is 1. The summed E-state index contributed by atoms with van der Waals surface area (Å²) in [5, 5.41) is 13.5. The van der Waals surface area contributed by atoms with Crippen molar-refractivity contribution in [2.45, 2.75) is 31.8 Å². The van der Waals surface area contributed by atoms with Crippen LogP contribution < -0.4 is 10.2 Å². The first kappa shape index (κ1) is 13.7. The minimum absolute atomic E-state index is 0.227. The molecular weight excluding hydrogens is 248 g/mol. The normalized spacial score (nSPS) is 24.9. The predicted octanol–water partition coefficient (Wildman–Crippen LogP) is 2.28. The van der Waals surface area contributed by atoms with E-state index in [1.165, 1.54) is 5.69 Å². The van der Waals surface area contributed by atoms with Gasteiger partial charge in [0, 0.05) is 42.5 Å². The molecule has 0 radical (unpaired) electrons. The lowest BCUT2D eigenvalue weighted by Gasteiger charge is -2.31. The van der Waals surface area contributed by atoms with Crippen LogP contribution in [-0.2, 0) is 0 Å². The second-order valence-electron chi connectivity index (χ2n) is 4.93. The molecule has 2 N–H and O–H groups in total. The Morgan fingerprint density at radius 2 is 2.11 bits per heavy atom. The van der Waals surface area contributed by atoms with Crippen LogP contribution in [0.2, 0.25) is 5.02 Å². The van der Waals surface area contributed by atoms with Crippen molar-refractivity contribution in [2.75, 3.05) is 24.6 Å². The summed E-state index contributed by atoms with van der Waals surface area (Å²) in [4.78, 5) is 2.38. The molecule has 3 nitrogen and oxygen atoms in total. The quantitative estimate of drug-likeness (QED) is 0.883. The van der Waals surface area contributed by atoms with Crippen LogP contribution in [-0.4, -0.2) is 36.9 Å². The third-order valence-electron chi connectivity index (χ3n) is 3.57. The van der Waals surface area contributed by atoms with E-state index in [4.69, 9.17) is 11.6 Å². The molecule has 1 heterocycles. The lowest BCUT2D eigenvalue weighted by molar-refractivity contribution is 0.272. The molecule has 2 unspecified atom stereocenters. The Morgan fingerprint density at radius 1 is 1.39 bits per heavy atom. The lowest BCUT2D eigenvalue weighted by atomic mass is 10.1. The summed E-state index contributed by atoms with van der Waals surface area (Å²) >= 11 is 5.93. The standard InChI is InChI=1S/C14H21ClN2O/c1-11-6-8-17(14(7-9-18)10-16-11)13-4-2-12(15)3-5-13/h2-5,11,14,16,18H,6-10H2,1H3. The number of halogens is 1. The molecule has 1 saturated heterocycles. The summed E-state index contributed by atoms with van der Waals surface area (Å²) in [6.45, 7) is 4.37. The van der Waals surface area contributed by atoms with E-state index in [1.807, 2.05) is 12.1 Å².